The highest BCUT2D eigenvalue weighted by atomic mass is 35.5. The molecule has 0 amide bonds. The summed E-state index contributed by atoms with van der Waals surface area (Å²) in [5.74, 6) is 0.829. The van der Waals surface area contributed by atoms with Gasteiger partial charge in [0.1, 0.15) is 0 Å². The zero-order valence-electron chi connectivity index (χ0n) is 11.8. The van der Waals surface area contributed by atoms with Crippen LogP contribution < -0.4 is 5.73 Å². The van der Waals surface area contributed by atoms with Crippen LogP contribution in [0.5, 0.6) is 0 Å². The SMILES string of the molecule is CCN(CC)CC1CCN(Cc2cnc(N)s2)C1.Cl. The highest BCUT2D eigenvalue weighted by molar-refractivity contribution is 7.15. The average molecular weight is 305 g/mol. The van der Waals surface area contributed by atoms with Crippen LogP contribution in [0, 0.1) is 5.92 Å². The van der Waals surface area contributed by atoms with Crippen LogP contribution in [0.2, 0.25) is 0 Å². The van der Waals surface area contributed by atoms with E-state index in [4.69, 9.17) is 5.73 Å². The summed E-state index contributed by atoms with van der Waals surface area (Å²) in [7, 11) is 0. The molecule has 0 aliphatic carbocycles. The first-order valence-electron chi connectivity index (χ1n) is 6.86. The minimum absolute atomic E-state index is 0. The Morgan fingerprint density at radius 2 is 2.21 bits per heavy atom. The number of nitrogen functional groups attached to an aromatic ring is 1. The molecule has 0 radical (unpaired) electrons. The summed E-state index contributed by atoms with van der Waals surface area (Å²) in [5.41, 5.74) is 5.66. The third-order valence-electron chi connectivity index (χ3n) is 3.73. The lowest BCUT2D eigenvalue weighted by Gasteiger charge is -2.22. The minimum atomic E-state index is 0. The van der Waals surface area contributed by atoms with Gasteiger partial charge in [-0.2, -0.15) is 0 Å². The van der Waals surface area contributed by atoms with E-state index in [9.17, 15) is 0 Å². The molecule has 1 aromatic heterocycles. The van der Waals surface area contributed by atoms with Gasteiger partial charge in [-0.3, -0.25) is 4.90 Å². The largest absolute Gasteiger partial charge is 0.375 e. The number of hydrogen-bond acceptors (Lipinski definition) is 5. The van der Waals surface area contributed by atoms with Crippen molar-refractivity contribution in [3.05, 3.63) is 11.1 Å². The van der Waals surface area contributed by atoms with Crippen LogP contribution in [0.1, 0.15) is 25.1 Å². The molecule has 0 aromatic carbocycles. The summed E-state index contributed by atoms with van der Waals surface area (Å²) in [5, 5.41) is 0.684. The molecule has 4 nitrogen and oxygen atoms in total. The van der Waals surface area contributed by atoms with Crippen molar-refractivity contribution < 1.29 is 0 Å². The van der Waals surface area contributed by atoms with Crippen LogP contribution in [0.3, 0.4) is 0 Å². The molecule has 1 saturated heterocycles. The van der Waals surface area contributed by atoms with Crippen LogP contribution in [0.25, 0.3) is 0 Å². The Balaban J connectivity index is 0.00000180. The minimum Gasteiger partial charge on any atom is -0.375 e. The van der Waals surface area contributed by atoms with Gasteiger partial charge in [-0.25, -0.2) is 4.98 Å². The maximum absolute atomic E-state index is 5.66. The standard InChI is InChI=1S/C13H24N4S.ClH/c1-3-16(4-2)8-11-5-6-17(9-11)10-12-7-15-13(14)18-12;/h7,11H,3-6,8-10H2,1-2H3,(H2,14,15);1H. The van der Waals surface area contributed by atoms with Crippen molar-refractivity contribution in [2.24, 2.45) is 5.92 Å². The lowest BCUT2D eigenvalue weighted by Crippen LogP contribution is -2.30. The van der Waals surface area contributed by atoms with Gasteiger partial charge in [0.2, 0.25) is 0 Å². The highest BCUT2D eigenvalue weighted by Crippen LogP contribution is 2.22. The fraction of sp³-hybridized carbons (Fsp3) is 0.769. The van der Waals surface area contributed by atoms with E-state index in [-0.39, 0.29) is 12.4 Å². The third kappa shape index (κ3) is 4.91. The molecule has 0 bridgehead atoms. The zero-order valence-corrected chi connectivity index (χ0v) is 13.5. The predicted molar refractivity (Wildman–Crippen MR) is 84.9 cm³/mol. The molecule has 1 fully saturated rings. The van der Waals surface area contributed by atoms with Crippen molar-refractivity contribution in [3.8, 4) is 0 Å². The Morgan fingerprint density at radius 1 is 1.47 bits per heavy atom. The van der Waals surface area contributed by atoms with Gasteiger partial charge in [-0.1, -0.05) is 13.8 Å². The highest BCUT2D eigenvalue weighted by Gasteiger charge is 2.24. The summed E-state index contributed by atoms with van der Waals surface area (Å²) < 4.78 is 0. The first kappa shape index (κ1) is 16.7. The topological polar surface area (TPSA) is 45.4 Å². The maximum atomic E-state index is 5.66. The van der Waals surface area contributed by atoms with Gasteiger partial charge in [-0.15, -0.1) is 23.7 Å². The van der Waals surface area contributed by atoms with Crippen LogP contribution >= 0.6 is 23.7 Å². The van der Waals surface area contributed by atoms with Gasteiger partial charge in [0.25, 0.3) is 0 Å². The van der Waals surface area contributed by atoms with E-state index in [1.165, 1.54) is 44.0 Å². The monoisotopic (exact) mass is 304 g/mol. The number of rotatable bonds is 6. The third-order valence-corrected chi connectivity index (χ3v) is 4.54. The van der Waals surface area contributed by atoms with Crippen molar-refractivity contribution in [2.45, 2.75) is 26.8 Å². The smallest absolute Gasteiger partial charge is 0.180 e. The first-order chi connectivity index (χ1) is 8.71. The normalized spacial score (nSPS) is 19.8. The average Bonchev–Trinajstić information content (AvgIpc) is 2.96. The van der Waals surface area contributed by atoms with E-state index < -0.39 is 0 Å². The molecule has 2 rings (SSSR count). The number of nitrogens with zero attached hydrogens (tertiary/aromatic N) is 3. The van der Waals surface area contributed by atoms with E-state index in [1.807, 2.05) is 6.20 Å². The second kappa shape index (κ2) is 8.04. The number of anilines is 1. The first-order valence-corrected chi connectivity index (χ1v) is 7.67. The second-order valence-electron chi connectivity index (χ2n) is 5.04. The molecule has 1 unspecified atom stereocenters. The fourth-order valence-corrected chi connectivity index (χ4v) is 3.40. The van der Waals surface area contributed by atoms with Crippen molar-refractivity contribution in [2.75, 3.05) is 38.5 Å². The van der Waals surface area contributed by atoms with E-state index in [2.05, 4.69) is 28.6 Å². The Labute approximate surface area is 126 Å². The number of aromatic nitrogens is 1. The summed E-state index contributed by atoms with van der Waals surface area (Å²) >= 11 is 1.61. The zero-order chi connectivity index (χ0) is 13.0. The van der Waals surface area contributed by atoms with E-state index in [1.54, 1.807) is 11.3 Å². The summed E-state index contributed by atoms with van der Waals surface area (Å²) in [6.07, 6.45) is 3.24. The Bertz CT molecular complexity index is 367. The maximum Gasteiger partial charge on any atom is 0.180 e. The molecule has 1 aliphatic rings. The summed E-state index contributed by atoms with van der Waals surface area (Å²) in [6.45, 7) is 11.5. The van der Waals surface area contributed by atoms with Crippen LogP contribution in [0.4, 0.5) is 5.13 Å². The second-order valence-corrected chi connectivity index (χ2v) is 6.19. The van der Waals surface area contributed by atoms with Crippen molar-refractivity contribution >= 4 is 28.9 Å². The van der Waals surface area contributed by atoms with Gasteiger partial charge < -0.3 is 10.6 Å². The molecule has 110 valence electrons. The lowest BCUT2D eigenvalue weighted by molar-refractivity contribution is 0.242. The number of nitrogens with two attached hydrogens (primary N) is 1. The molecule has 1 aromatic rings. The van der Waals surface area contributed by atoms with E-state index >= 15 is 0 Å². The van der Waals surface area contributed by atoms with Crippen LogP contribution in [0.15, 0.2) is 6.20 Å². The number of likely N-dealkylation sites (tertiary alicyclic amines) is 1. The van der Waals surface area contributed by atoms with Gasteiger partial charge in [0, 0.05) is 30.7 Å². The lowest BCUT2D eigenvalue weighted by atomic mass is 10.1. The fourth-order valence-electron chi connectivity index (χ4n) is 2.67. The predicted octanol–water partition coefficient (Wildman–Crippen LogP) is 2.31. The van der Waals surface area contributed by atoms with Crippen LogP contribution in [-0.4, -0.2) is 47.5 Å². The van der Waals surface area contributed by atoms with Gasteiger partial charge in [-0.05, 0) is 32.0 Å². The molecule has 0 saturated carbocycles. The molecule has 2 heterocycles. The molecular weight excluding hydrogens is 280 g/mol. The van der Waals surface area contributed by atoms with Gasteiger partial charge in [0.15, 0.2) is 5.13 Å². The van der Waals surface area contributed by atoms with Crippen molar-refractivity contribution in [1.82, 2.24) is 14.8 Å². The quantitative estimate of drug-likeness (QED) is 0.876. The Hall–Kier alpha value is -0.360. The number of hydrogen-bond donors (Lipinski definition) is 1. The van der Waals surface area contributed by atoms with E-state index in [0.29, 0.717) is 5.13 Å². The van der Waals surface area contributed by atoms with E-state index in [0.717, 1.165) is 12.5 Å². The molecule has 6 heteroatoms. The van der Waals surface area contributed by atoms with Crippen molar-refractivity contribution in [3.63, 3.8) is 0 Å². The number of halogens is 1. The Kier molecular flexibility index (Phi) is 7.07. The van der Waals surface area contributed by atoms with Gasteiger partial charge in [0.05, 0.1) is 0 Å². The molecule has 1 atom stereocenters. The Morgan fingerprint density at radius 3 is 2.79 bits per heavy atom. The molecule has 2 N–H and O–H groups in total. The molecule has 0 spiro atoms. The van der Waals surface area contributed by atoms with Crippen molar-refractivity contribution in [1.29, 1.82) is 0 Å². The van der Waals surface area contributed by atoms with Gasteiger partial charge >= 0.3 is 0 Å². The van der Waals surface area contributed by atoms with Crippen LogP contribution in [-0.2, 0) is 6.54 Å². The molecule has 1 aliphatic heterocycles. The molecule has 19 heavy (non-hydrogen) atoms. The molecular formula is C13H25ClN4S. The summed E-state index contributed by atoms with van der Waals surface area (Å²) in [4.78, 5) is 10.5. The summed E-state index contributed by atoms with van der Waals surface area (Å²) in [6, 6.07) is 0. The number of thiazole rings is 1.